The van der Waals surface area contributed by atoms with E-state index in [0.717, 1.165) is 44.0 Å². The number of carbonyl (C=O) groups is 2. The van der Waals surface area contributed by atoms with Gasteiger partial charge in [-0.25, -0.2) is 4.79 Å². The van der Waals surface area contributed by atoms with Crippen LogP contribution in [0.1, 0.15) is 51.0 Å². The van der Waals surface area contributed by atoms with E-state index in [1.807, 2.05) is 25.1 Å². The third kappa shape index (κ3) is 3.87. The Kier molecular flexibility index (Phi) is 5.84. The predicted molar refractivity (Wildman–Crippen MR) is 120 cm³/mol. The normalized spacial score (nSPS) is 28.4. The van der Waals surface area contributed by atoms with Gasteiger partial charge >= 0.3 is 6.03 Å². The van der Waals surface area contributed by atoms with Gasteiger partial charge < -0.3 is 19.7 Å². The Balaban J connectivity index is 1.24. The van der Waals surface area contributed by atoms with Gasteiger partial charge in [-0.3, -0.25) is 9.69 Å². The van der Waals surface area contributed by atoms with E-state index in [9.17, 15) is 9.59 Å². The van der Waals surface area contributed by atoms with Crippen molar-refractivity contribution in [2.24, 2.45) is 11.8 Å². The molecule has 1 N–H and O–H groups in total. The molecular formula is C25H33N3O4. The molecule has 0 aromatic heterocycles. The number of rotatable bonds is 6. The summed E-state index contributed by atoms with van der Waals surface area (Å²) in [6.45, 7) is 5.61. The van der Waals surface area contributed by atoms with Gasteiger partial charge in [0.25, 0.3) is 5.91 Å². The number of benzene rings is 1. The third-order valence-electron chi connectivity index (χ3n) is 7.72. The molecule has 32 heavy (non-hydrogen) atoms. The molecule has 0 saturated carbocycles. The summed E-state index contributed by atoms with van der Waals surface area (Å²) in [5.41, 5.74) is 0.0774. The SMILES string of the molecule is CC[C@]1(C2CCN(C[C@@H]3CC=CCC3)CC2)NC(=O)N(Cc2ccc3c(c2)OCO3)C1=O. The Hall–Kier alpha value is -2.54. The summed E-state index contributed by atoms with van der Waals surface area (Å²) in [4.78, 5) is 30.4. The van der Waals surface area contributed by atoms with Gasteiger partial charge in [-0.2, -0.15) is 0 Å². The predicted octanol–water partition coefficient (Wildman–Crippen LogP) is 3.68. The minimum absolute atomic E-state index is 0.0847. The molecule has 7 nitrogen and oxygen atoms in total. The van der Waals surface area contributed by atoms with E-state index in [-0.39, 0.29) is 31.2 Å². The summed E-state index contributed by atoms with van der Waals surface area (Å²) in [6, 6.07) is 5.29. The average Bonchev–Trinajstić information content (AvgIpc) is 3.38. The number of likely N-dealkylation sites (tertiary alicyclic amines) is 1. The molecule has 3 amide bonds. The summed E-state index contributed by atoms with van der Waals surface area (Å²) >= 11 is 0. The Morgan fingerprint density at radius 3 is 2.66 bits per heavy atom. The van der Waals surface area contributed by atoms with Gasteiger partial charge in [-0.15, -0.1) is 0 Å². The van der Waals surface area contributed by atoms with Crippen molar-refractivity contribution in [3.05, 3.63) is 35.9 Å². The second kappa shape index (κ2) is 8.77. The first-order valence-corrected chi connectivity index (χ1v) is 12.0. The number of ether oxygens (including phenoxy) is 2. The van der Waals surface area contributed by atoms with E-state index < -0.39 is 5.54 Å². The smallest absolute Gasteiger partial charge is 0.325 e. The zero-order valence-electron chi connectivity index (χ0n) is 18.8. The van der Waals surface area contributed by atoms with Crippen LogP contribution in [0.2, 0.25) is 0 Å². The molecule has 0 radical (unpaired) electrons. The zero-order valence-corrected chi connectivity index (χ0v) is 18.8. The minimum Gasteiger partial charge on any atom is -0.454 e. The number of urea groups is 1. The van der Waals surface area contributed by atoms with Crippen LogP contribution in [0.3, 0.4) is 0 Å². The van der Waals surface area contributed by atoms with Gasteiger partial charge in [0, 0.05) is 6.54 Å². The fourth-order valence-corrected chi connectivity index (χ4v) is 5.81. The molecule has 172 valence electrons. The van der Waals surface area contributed by atoms with Crippen LogP contribution in [0.25, 0.3) is 0 Å². The number of fused-ring (bicyclic) bond motifs is 1. The van der Waals surface area contributed by atoms with Crippen molar-refractivity contribution < 1.29 is 19.1 Å². The molecule has 1 aliphatic carbocycles. The molecule has 3 heterocycles. The van der Waals surface area contributed by atoms with E-state index in [0.29, 0.717) is 17.9 Å². The van der Waals surface area contributed by atoms with E-state index in [2.05, 4.69) is 22.4 Å². The highest BCUT2D eigenvalue weighted by Crippen LogP contribution is 2.38. The molecule has 2 atom stereocenters. The highest BCUT2D eigenvalue weighted by Gasteiger charge is 2.54. The van der Waals surface area contributed by atoms with Crippen molar-refractivity contribution in [2.75, 3.05) is 26.4 Å². The second-order valence-electron chi connectivity index (χ2n) is 9.56. The standard InChI is InChI=1S/C25H33N3O4/c1-2-25(20-10-12-27(13-11-20)15-18-6-4-3-5-7-18)23(29)28(24(30)26-25)16-19-8-9-21-22(14-19)32-17-31-21/h3-4,8-9,14,18,20H,2,5-7,10-13,15-17H2,1H3,(H,26,30)/t18-,25-/m1/s1. The number of amides is 3. The number of imide groups is 1. The Morgan fingerprint density at radius 2 is 1.91 bits per heavy atom. The Labute approximate surface area is 189 Å². The van der Waals surface area contributed by atoms with Gasteiger partial charge in [-0.1, -0.05) is 25.1 Å². The lowest BCUT2D eigenvalue weighted by molar-refractivity contribution is -0.134. The highest BCUT2D eigenvalue weighted by molar-refractivity contribution is 6.07. The van der Waals surface area contributed by atoms with Crippen molar-refractivity contribution in [2.45, 2.75) is 57.5 Å². The fourth-order valence-electron chi connectivity index (χ4n) is 5.81. The van der Waals surface area contributed by atoms with Crippen molar-refractivity contribution >= 4 is 11.9 Å². The first-order chi connectivity index (χ1) is 15.6. The average molecular weight is 440 g/mol. The molecule has 2 fully saturated rings. The minimum atomic E-state index is -0.785. The maximum absolute atomic E-state index is 13.6. The number of allylic oxidation sites excluding steroid dienone is 2. The lowest BCUT2D eigenvalue weighted by atomic mass is 9.75. The number of piperidine rings is 1. The third-order valence-corrected chi connectivity index (χ3v) is 7.72. The van der Waals surface area contributed by atoms with Crippen LogP contribution >= 0.6 is 0 Å². The first-order valence-electron chi connectivity index (χ1n) is 12.0. The summed E-state index contributed by atoms with van der Waals surface area (Å²) in [7, 11) is 0. The van der Waals surface area contributed by atoms with Crippen molar-refractivity contribution in [1.29, 1.82) is 0 Å². The van der Waals surface area contributed by atoms with Gasteiger partial charge in [0.1, 0.15) is 5.54 Å². The maximum atomic E-state index is 13.6. The topological polar surface area (TPSA) is 71.1 Å². The summed E-state index contributed by atoms with van der Waals surface area (Å²) in [5.74, 6) is 2.20. The molecule has 2 saturated heterocycles. The van der Waals surface area contributed by atoms with Gasteiger partial charge in [0.2, 0.25) is 6.79 Å². The number of nitrogens with one attached hydrogen (secondary N) is 1. The monoisotopic (exact) mass is 439 g/mol. The van der Waals surface area contributed by atoms with Crippen LogP contribution in [0.5, 0.6) is 11.5 Å². The van der Waals surface area contributed by atoms with Crippen LogP contribution in [-0.2, 0) is 11.3 Å². The van der Waals surface area contributed by atoms with E-state index in [4.69, 9.17) is 9.47 Å². The molecular weight excluding hydrogens is 406 g/mol. The molecule has 0 bridgehead atoms. The summed E-state index contributed by atoms with van der Waals surface area (Å²) in [6.07, 6.45) is 10.8. The molecule has 3 aliphatic heterocycles. The second-order valence-corrected chi connectivity index (χ2v) is 9.56. The molecule has 4 aliphatic rings. The largest absolute Gasteiger partial charge is 0.454 e. The number of carbonyl (C=O) groups excluding carboxylic acids is 2. The van der Waals surface area contributed by atoms with Crippen LogP contribution in [0.4, 0.5) is 4.79 Å². The van der Waals surface area contributed by atoms with Crippen molar-refractivity contribution in [3.8, 4) is 11.5 Å². The molecule has 5 rings (SSSR count). The van der Waals surface area contributed by atoms with Crippen molar-refractivity contribution in [1.82, 2.24) is 15.1 Å². The lowest BCUT2D eigenvalue weighted by Crippen LogP contribution is -2.56. The summed E-state index contributed by atoms with van der Waals surface area (Å²) in [5, 5.41) is 3.11. The quantitative estimate of drug-likeness (QED) is 0.541. The number of hydrogen-bond acceptors (Lipinski definition) is 5. The van der Waals surface area contributed by atoms with Crippen LogP contribution in [-0.4, -0.2) is 53.7 Å². The molecule has 0 spiro atoms. The van der Waals surface area contributed by atoms with Crippen molar-refractivity contribution in [3.63, 3.8) is 0 Å². The van der Waals surface area contributed by atoms with Crippen LogP contribution in [0, 0.1) is 11.8 Å². The van der Waals surface area contributed by atoms with E-state index >= 15 is 0 Å². The molecule has 0 unspecified atom stereocenters. The molecule has 7 heteroatoms. The highest BCUT2D eigenvalue weighted by atomic mass is 16.7. The number of hydrogen-bond donors (Lipinski definition) is 1. The van der Waals surface area contributed by atoms with E-state index in [1.54, 1.807) is 0 Å². The lowest BCUT2D eigenvalue weighted by Gasteiger charge is -2.41. The fraction of sp³-hybridized carbons (Fsp3) is 0.600. The Bertz CT molecular complexity index is 908. The number of nitrogens with zero attached hydrogens (tertiary/aromatic N) is 2. The molecule has 1 aromatic carbocycles. The van der Waals surface area contributed by atoms with E-state index in [1.165, 1.54) is 24.2 Å². The van der Waals surface area contributed by atoms with Gasteiger partial charge in [-0.05, 0) is 81.1 Å². The summed E-state index contributed by atoms with van der Waals surface area (Å²) < 4.78 is 10.8. The van der Waals surface area contributed by atoms with Crippen LogP contribution < -0.4 is 14.8 Å². The van der Waals surface area contributed by atoms with Gasteiger partial charge in [0.05, 0.1) is 6.54 Å². The zero-order chi connectivity index (χ0) is 22.1. The maximum Gasteiger partial charge on any atom is 0.325 e. The van der Waals surface area contributed by atoms with Gasteiger partial charge in [0.15, 0.2) is 11.5 Å². The molecule has 1 aromatic rings. The first kappa shape index (κ1) is 21.3. The Morgan fingerprint density at radius 1 is 1.09 bits per heavy atom. The van der Waals surface area contributed by atoms with Crippen LogP contribution in [0.15, 0.2) is 30.4 Å².